The van der Waals surface area contributed by atoms with Crippen molar-refractivity contribution >= 4 is 28.3 Å². The minimum atomic E-state index is -0.194. The second kappa shape index (κ2) is 7.33. The minimum Gasteiger partial charge on any atom is -0.506 e. The van der Waals surface area contributed by atoms with Crippen molar-refractivity contribution in [1.82, 2.24) is 0 Å². The number of hydrogen-bond donors (Lipinski definition) is 2. The fourth-order valence-electron chi connectivity index (χ4n) is 2.30. The molecule has 1 aliphatic rings. The summed E-state index contributed by atoms with van der Waals surface area (Å²) >= 11 is 3.32. The number of benzene rings is 1. The third kappa shape index (κ3) is 3.75. The molecule has 4 nitrogen and oxygen atoms in total. The van der Waals surface area contributed by atoms with Gasteiger partial charge in [-0.1, -0.05) is 0 Å². The lowest BCUT2D eigenvalue weighted by Gasteiger charge is -2.28. The van der Waals surface area contributed by atoms with Gasteiger partial charge in [-0.2, -0.15) is 0 Å². The van der Waals surface area contributed by atoms with Gasteiger partial charge in [0.05, 0.1) is 11.6 Å². The van der Waals surface area contributed by atoms with Crippen LogP contribution in [0.1, 0.15) is 24.4 Å². The zero-order valence-electron chi connectivity index (χ0n) is 10.8. The molecule has 0 unspecified atom stereocenters. The molecule has 0 aromatic heterocycles. The molecule has 1 aliphatic heterocycles. The van der Waals surface area contributed by atoms with Crippen molar-refractivity contribution in [3.8, 4) is 11.5 Å². The molecule has 1 atom stereocenters. The summed E-state index contributed by atoms with van der Waals surface area (Å²) in [5, 5.41) is 10.1. The second-order valence-corrected chi connectivity index (χ2v) is 5.38. The highest BCUT2D eigenvalue weighted by Gasteiger charge is 2.25. The lowest BCUT2D eigenvalue weighted by Crippen LogP contribution is -2.27. The Morgan fingerprint density at radius 3 is 2.63 bits per heavy atom. The van der Waals surface area contributed by atoms with Crippen LogP contribution >= 0.6 is 28.3 Å². The maximum Gasteiger partial charge on any atom is 0.134 e. The average Bonchev–Trinajstić information content (AvgIpc) is 2.42. The van der Waals surface area contributed by atoms with Gasteiger partial charge in [-0.25, -0.2) is 0 Å². The number of rotatable bonds is 3. The summed E-state index contributed by atoms with van der Waals surface area (Å²) < 4.78 is 11.1. The Morgan fingerprint density at radius 1 is 1.42 bits per heavy atom. The molecule has 0 amide bonds. The first kappa shape index (κ1) is 16.6. The van der Waals surface area contributed by atoms with E-state index in [0.29, 0.717) is 16.1 Å². The van der Waals surface area contributed by atoms with Gasteiger partial charge in [0.2, 0.25) is 0 Å². The number of nitrogens with two attached hydrogens (primary N) is 1. The monoisotopic (exact) mass is 351 g/mol. The first-order valence-corrected chi connectivity index (χ1v) is 6.82. The molecule has 0 spiro atoms. The lowest BCUT2D eigenvalue weighted by molar-refractivity contribution is 0.0581. The molecular formula is C13H19BrClNO3. The van der Waals surface area contributed by atoms with Crippen LogP contribution in [0.25, 0.3) is 0 Å². The molecule has 0 saturated carbocycles. The Hall–Kier alpha value is -0.490. The largest absolute Gasteiger partial charge is 0.506 e. The smallest absolute Gasteiger partial charge is 0.134 e. The van der Waals surface area contributed by atoms with Crippen LogP contribution in [-0.2, 0) is 4.74 Å². The van der Waals surface area contributed by atoms with Crippen LogP contribution < -0.4 is 10.5 Å². The SMILES string of the molecule is COc1cc(Br)c(O)c([C@@H](N)C2CCOCC2)c1.Cl. The zero-order chi connectivity index (χ0) is 13.1. The molecule has 108 valence electrons. The molecule has 19 heavy (non-hydrogen) atoms. The van der Waals surface area contributed by atoms with Crippen LogP contribution in [0.3, 0.4) is 0 Å². The highest BCUT2D eigenvalue weighted by Crippen LogP contribution is 2.39. The van der Waals surface area contributed by atoms with Crippen LogP contribution in [-0.4, -0.2) is 25.4 Å². The third-order valence-electron chi connectivity index (χ3n) is 3.44. The number of methoxy groups -OCH3 is 1. The maximum absolute atomic E-state index is 10.1. The van der Waals surface area contributed by atoms with Crippen LogP contribution in [0.2, 0.25) is 0 Å². The highest BCUT2D eigenvalue weighted by atomic mass is 79.9. The van der Waals surface area contributed by atoms with Crippen molar-refractivity contribution < 1.29 is 14.6 Å². The van der Waals surface area contributed by atoms with E-state index in [1.165, 1.54) is 0 Å². The first-order valence-electron chi connectivity index (χ1n) is 6.03. The number of aromatic hydroxyl groups is 1. The van der Waals surface area contributed by atoms with Crippen LogP contribution in [0.5, 0.6) is 11.5 Å². The van der Waals surface area contributed by atoms with E-state index >= 15 is 0 Å². The van der Waals surface area contributed by atoms with E-state index < -0.39 is 0 Å². The topological polar surface area (TPSA) is 64.7 Å². The molecule has 1 fully saturated rings. The van der Waals surface area contributed by atoms with Gasteiger partial charge in [-0.15, -0.1) is 12.4 Å². The van der Waals surface area contributed by atoms with Crippen LogP contribution in [0.4, 0.5) is 0 Å². The van der Waals surface area contributed by atoms with Gasteiger partial charge in [-0.05, 0) is 46.8 Å². The summed E-state index contributed by atoms with van der Waals surface area (Å²) in [5.41, 5.74) is 7.00. The van der Waals surface area contributed by atoms with E-state index in [0.717, 1.165) is 31.6 Å². The van der Waals surface area contributed by atoms with Gasteiger partial charge < -0.3 is 20.3 Å². The average molecular weight is 353 g/mol. The Kier molecular flexibility index (Phi) is 6.39. The van der Waals surface area contributed by atoms with Crippen molar-refractivity contribution in [1.29, 1.82) is 0 Å². The van der Waals surface area contributed by atoms with E-state index in [-0.39, 0.29) is 24.2 Å². The predicted octanol–water partition coefficient (Wildman–Crippen LogP) is 3.01. The Labute approximate surface area is 127 Å². The van der Waals surface area contributed by atoms with Crippen molar-refractivity contribution in [2.75, 3.05) is 20.3 Å². The summed E-state index contributed by atoms with van der Waals surface area (Å²) in [6, 6.07) is 3.34. The van der Waals surface area contributed by atoms with E-state index in [1.807, 2.05) is 0 Å². The van der Waals surface area contributed by atoms with Crippen molar-refractivity contribution in [3.63, 3.8) is 0 Å². The molecule has 1 aromatic rings. The normalized spacial score (nSPS) is 17.6. The Balaban J connectivity index is 0.00000180. The Morgan fingerprint density at radius 2 is 2.05 bits per heavy atom. The molecule has 2 rings (SSSR count). The molecule has 1 heterocycles. The predicted molar refractivity (Wildman–Crippen MR) is 80.1 cm³/mol. The van der Waals surface area contributed by atoms with Crippen molar-refractivity contribution in [2.24, 2.45) is 11.7 Å². The number of phenols is 1. The summed E-state index contributed by atoms with van der Waals surface area (Å²) in [5.74, 6) is 1.23. The van der Waals surface area contributed by atoms with Crippen LogP contribution in [0.15, 0.2) is 16.6 Å². The Bertz CT molecular complexity index is 425. The zero-order valence-corrected chi connectivity index (χ0v) is 13.2. The molecular weight excluding hydrogens is 334 g/mol. The molecule has 0 bridgehead atoms. The van der Waals surface area contributed by atoms with E-state index in [9.17, 15) is 5.11 Å². The van der Waals surface area contributed by atoms with Gasteiger partial charge in [0.25, 0.3) is 0 Å². The molecule has 6 heteroatoms. The fraction of sp³-hybridized carbons (Fsp3) is 0.538. The van der Waals surface area contributed by atoms with Gasteiger partial charge in [0.1, 0.15) is 11.5 Å². The van der Waals surface area contributed by atoms with E-state index in [4.69, 9.17) is 15.2 Å². The quantitative estimate of drug-likeness (QED) is 0.877. The van der Waals surface area contributed by atoms with Gasteiger partial charge in [-0.3, -0.25) is 0 Å². The summed E-state index contributed by atoms with van der Waals surface area (Å²) in [6.45, 7) is 1.48. The molecule has 1 aromatic carbocycles. The third-order valence-corrected chi connectivity index (χ3v) is 4.04. The first-order chi connectivity index (χ1) is 8.63. The molecule has 3 N–H and O–H groups in total. The maximum atomic E-state index is 10.1. The number of ether oxygens (including phenoxy) is 2. The van der Waals surface area contributed by atoms with Gasteiger partial charge >= 0.3 is 0 Å². The van der Waals surface area contributed by atoms with Gasteiger partial charge in [0.15, 0.2) is 0 Å². The summed E-state index contributed by atoms with van der Waals surface area (Å²) in [7, 11) is 1.60. The molecule has 0 radical (unpaired) electrons. The standard InChI is InChI=1S/C13H18BrNO3.ClH/c1-17-9-6-10(13(16)11(14)7-9)12(15)8-2-4-18-5-3-8;/h6-8,12,16H,2-5,15H2,1H3;1H/t12-;/m0./s1. The summed E-state index contributed by atoms with van der Waals surface area (Å²) in [6.07, 6.45) is 1.85. The minimum absolute atomic E-state index is 0. The van der Waals surface area contributed by atoms with Crippen molar-refractivity contribution in [2.45, 2.75) is 18.9 Å². The van der Waals surface area contributed by atoms with Crippen molar-refractivity contribution in [3.05, 3.63) is 22.2 Å². The molecule has 1 saturated heterocycles. The van der Waals surface area contributed by atoms with Crippen LogP contribution in [0, 0.1) is 5.92 Å². The van der Waals surface area contributed by atoms with E-state index in [2.05, 4.69) is 15.9 Å². The highest BCUT2D eigenvalue weighted by molar-refractivity contribution is 9.10. The number of hydrogen-bond acceptors (Lipinski definition) is 4. The second-order valence-electron chi connectivity index (χ2n) is 4.52. The number of phenolic OH excluding ortho intramolecular Hbond substituents is 1. The fourth-order valence-corrected chi connectivity index (χ4v) is 2.75. The molecule has 0 aliphatic carbocycles. The number of halogens is 2. The van der Waals surface area contributed by atoms with E-state index in [1.54, 1.807) is 19.2 Å². The van der Waals surface area contributed by atoms with Gasteiger partial charge in [0, 0.05) is 24.8 Å². The summed E-state index contributed by atoms with van der Waals surface area (Å²) in [4.78, 5) is 0. The lowest BCUT2D eigenvalue weighted by atomic mass is 9.87.